The highest BCUT2D eigenvalue weighted by molar-refractivity contribution is 7.89. The van der Waals surface area contributed by atoms with Crippen LogP contribution in [0.1, 0.15) is 24.2 Å². The maximum Gasteiger partial charge on any atom is 0.318 e. The van der Waals surface area contributed by atoms with E-state index in [0.29, 0.717) is 36.7 Å². The third kappa shape index (κ3) is 7.06. The smallest absolute Gasteiger partial charge is 0.318 e. The van der Waals surface area contributed by atoms with Crippen LogP contribution in [0.4, 0.5) is 5.69 Å². The molecule has 0 aromatic heterocycles. The van der Waals surface area contributed by atoms with E-state index in [1.54, 1.807) is 29.2 Å². The van der Waals surface area contributed by atoms with Gasteiger partial charge in [0, 0.05) is 24.3 Å². The van der Waals surface area contributed by atoms with Crippen LogP contribution < -0.4 is 20.1 Å². The largest absolute Gasteiger partial charge is 0.492 e. The number of aliphatic carboxylic acids is 1. The van der Waals surface area contributed by atoms with E-state index in [9.17, 15) is 18.0 Å². The summed E-state index contributed by atoms with van der Waals surface area (Å²) < 4.78 is 31.8. The zero-order chi connectivity index (χ0) is 23.0. The number of sulfonamides is 1. The van der Waals surface area contributed by atoms with Gasteiger partial charge in [-0.05, 0) is 54.4 Å². The number of rotatable bonds is 11. The molecule has 0 saturated heterocycles. The SMILES string of the molecule is CC(C)CN(C(=O)c1ccc(OCCN)cc1)c1ccc(S(=O)(=O)NCC(=O)O)cc1. The zero-order valence-electron chi connectivity index (χ0n) is 17.4. The average Bonchev–Trinajstić information content (AvgIpc) is 2.74. The summed E-state index contributed by atoms with van der Waals surface area (Å²) in [6, 6.07) is 12.4. The first-order chi connectivity index (χ1) is 14.6. The summed E-state index contributed by atoms with van der Waals surface area (Å²) in [5.41, 5.74) is 6.41. The molecule has 2 aromatic carbocycles. The lowest BCUT2D eigenvalue weighted by Gasteiger charge is -2.25. The van der Waals surface area contributed by atoms with Gasteiger partial charge in [0.25, 0.3) is 5.91 Å². The number of carboxylic acids is 1. The Morgan fingerprint density at radius 2 is 1.71 bits per heavy atom. The molecule has 0 aliphatic heterocycles. The minimum absolute atomic E-state index is 0.0872. The van der Waals surface area contributed by atoms with Crippen LogP contribution in [0.25, 0.3) is 0 Å². The normalized spacial score (nSPS) is 11.4. The Kier molecular flexibility index (Phi) is 8.55. The van der Waals surface area contributed by atoms with Gasteiger partial charge in [0.1, 0.15) is 18.9 Å². The molecule has 1 amide bonds. The number of hydrogen-bond donors (Lipinski definition) is 3. The van der Waals surface area contributed by atoms with Crippen molar-refractivity contribution in [3.05, 3.63) is 54.1 Å². The number of anilines is 1. The van der Waals surface area contributed by atoms with E-state index < -0.39 is 22.5 Å². The zero-order valence-corrected chi connectivity index (χ0v) is 18.3. The number of nitrogens with one attached hydrogen (secondary N) is 1. The van der Waals surface area contributed by atoms with E-state index in [-0.39, 0.29) is 16.7 Å². The Labute approximate surface area is 181 Å². The Balaban J connectivity index is 2.25. The van der Waals surface area contributed by atoms with Crippen molar-refractivity contribution >= 4 is 27.6 Å². The summed E-state index contributed by atoms with van der Waals surface area (Å²) >= 11 is 0. The molecule has 0 aliphatic rings. The number of nitrogens with zero attached hydrogens (tertiary/aromatic N) is 1. The van der Waals surface area contributed by atoms with Gasteiger partial charge in [-0.25, -0.2) is 8.42 Å². The summed E-state index contributed by atoms with van der Waals surface area (Å²) in [5.74, 6) is -0.746. The molecule has 10 heteroatoms. The van der Waals surface area contributed by atoms with E-state index in [1.807, 2.05) is 18.6 Å². The molecular formula is C21H27N3O6S. The fourth-order valence-corrected chi connectivity index (χ4v) is 3.72. The lowest BCUT2D eigenvalue weighted by Crippen LogP contribution is -2.34. The molecule has 168 valence electrons. The predicted molar refractivity (Wildman–Crippen MR) is 117 cm³/mol. The van der Waals surface area contributed by atoms with E-state index in [0.717, 1.165) is 0 Å². The average molecular weight is 450 g/mol. The van der Waals surface area contributed by atoms with Gasteiger partial charge >= 0.3 is 5.97 Å². The topological polar surface area (TPSA) is 139 Å². The van der Waals surface area contributed by atoms with Crippen molar-refractivity contribution in [2.75, 3.05) is 31.1 Å². The van der Waals surface area contributed by atoms with E-state index in [2.05, 4.69) is 0 Å². The van der Waals surface area contributed by atoms with Gasteiger partial charge in [0.15, 0.2) is 0 Å². The highest BCUT2D eigenvalue weighted by Crippen LogP contribution is 2.22. The molecule has 0 spiro atoms. The van der Waals surface area contributed by atoms with Crippen LogP contribution in [0, 0.1) is 5.92 Å². The Hall–Kier alpha value is -2.95. The fraction of sp³-hybridized carbons (Fsp3) is 0.333. The van der Waals surface area contributed by atoms with E-state index in [1.165, 1.54) is 24.3 Å². The number of benzene rings is 2. The molecule has 0 fully saturated rings. The Morgan fingerprint density at radius 3 is 2.23 bits per heavy atom. The number of hydrogen-bond acceptors (Lipinski definition) is 6. The molecule has 2 aromatic rings. The Morgan fingerprint density at radius 1 is 1.10 bits per heavy atom. The third-order valence-corrected chi connectivity index (χ3v) is 5.57. The van der Waals surface area contributed by atoms with E-state index in [4.69, 9.17) is 15.6 Å². The van der Waals surface area contributed by atoms with Crippen LogP contribution in [-0.4, -0.2) is 51.6 Å². The molecule has 0 bridgehead atoms. The number of amides is 1. The van der Waals surface area contributed by atoms with Crippen molar-refractivity contribution in [3.63, 3.8) is 0 Å². The Bertz CT molecular complexity index is 989. The van der Waals surface area contributed by atoms with E-state index >= 15 is 0 Å². The molecule has 0 saturated carbocycles. The van der Waals surface area contributed by atoms with Crippen LogP contribution >= 0.6 is 0 Å². The van der Waals surface area contributed by atoms with Crippen molar-refractivity contribution in [1.29, 1.82) is 0 Å². The van der Waals surface area contributed by atoms with Crippen LogP contribution in [0.3, 0.4) is 0 Å². The first-order valence-corrected chi connectivity index (χ1v) is 11.2. The second kappa shape index (κ2) is 10.9. The number of carboxylic acid groups (broad SMARTS) is 1. The summed E-state index contributed by atoms with van der Waals surface area (Å²) in [5, 5.41) is 8.67. The van der Waals surface area contributed by atoms with Crippen molar-refractivity contribution in [1.82, 2.24) is 4.72 Å². The second-order valence-corrected chi connectivity index (χ2v) is 8.95. The molecule has 2 rings (SSSR count). The van der Waals surface area contributed by atoms with Gasteiger partial charge in [-0.3, -0.25) is 9.59 Å². The third-order valence-electron chi connectivity index (χ3n) is 4.15. The fourth-order valence-electron chi connectivity index (χ4n) is 2.74. The molecule has 0 aliphatic carbocycles. The van der Waals surface area contributed by atoms with Gasteiger partial charge < -0.3 is 20.5 Å². The van der Waals surface area contributed by atoms with Crippen LogP contribution in [0.5, 0.6) is 5.75 Å². The maximum absolute atomic E-state index is 13.1. The van der Waals surface area contributed by atoms with Gasteiger partial charge in [-0.15, -0.1) is 0 Å². The number of nitrogens with two attached hydrogens (primary N) is 1. The van der Waals surface area contributed by atoms with Crippen LogP contribution in [0.15, 0.2) is 53.4 Å². The van der Waals surface area contributed by atoms with Crippen LogP contribution in [0.2, 0.25) is 0 Å². The minimum atomic E-state index is -3.96. The monoisotopic (exact) mass is 449 g/mol. The van der Waals surface area contributed by atoms with Gasteiger partial charge in [0.2, 0.25) is 10.0 Å². The van der Waals surface area contributed by atoms with Crippen molar-refractivity contribution in [2.24, 2.45) is 11.7 Å². The molecular weight excluding hydrogens is 422 g/mol. The van der Waals surface area contributed by atoms with Gasteiger partial charge in [0.05, 0.1) is 4.90 Å². The summed E-state index contributed by atoms with van der Waals surface area (Å²) in [4.78, 5) is 25.2. The lowest BCUT2D eigenvalue weighted by atomic mass is 10.1. The van der Waals surface area contributed by atoms with Crippen molar-refractivity contribution in [2.45, 2.75) is 18.7 Å². The quantitative estimate of drug-likeness (QED) is 0.474. The number of carbonyl (C=O) groups is 2. The standard InChI is InChI=1S/C21H27N3O6S/c1-15(2)14-24(21(27)16-3-7-18(8-4-16)30-12-11-22)17-5-9-19(10-6-17)31(28,29)23-13-20(25)26/h3-10,15,23H,11-14,22H2,1-2H3,(H,25,26). The molecule has 9 nitrogen and oxygen atoms in total. The summed E-state index contributed by atoms with van der Waals surface area (Å²) in [6.07, 6.45) is 0. The molecule has 0 radical (unpaired) electrons. The second-order valence-electron chi connectivity index (χ2n) is 7.18. The molecule has 0 unspecified atom stereocenters. The molecule has 4 N–H and O–H groups in total. The first kappa shape index (κ1) is 24.3. The van der Waals surface area contributed by atoms with Crippen molar-refractivity contribution < 1.29 is 27.9 Å². The van der Waals surface area contributed by atoms with Gasteiger partial charge in [-0.1, -0.05) is 13.8 Å². The lowest BCUT2D eigenvalue weighted by molar-refractivity contribution is -0.135. The molecule has 31 heavy (non-hydrogen) atoms. The van der Waals surface area contributed by atoms with Crippen LogP contribution in [-0.2, 0) is 14.8 Å². The van der Waals surface area contributed by atoms with Crippen molar-refractivity contribution in [3.8, 4) is 5.75 Å². The maximum atomic E-state index is 13.1. The molecule has 0 heterocycles. The highest BCUT2D eigenvalue weighted by atomic mass is 32.2. The number of ether oxygens (including phenoxy) is 1. The predicted octanol–water partition coefficient (Wildman–Crippen LogP) is 1.69. The number of carbonyl (C=O) groups excluding carboxylic acids is 1. The first-order valence-electron chi connectivity index (χ1n) is 9.70. The molecule has 0 atom stereocenters. The summed E-state index contributed by atoms with van der Waals surface area (Å²) in [7, 11) is -3.96. The summed E-state index contributed by atoms with van der Waals surface area (Å²) in [6.45, 7) is 4.42. The van der Waals surface area contributed by atoms with Gasteiger partial charge in [-0.2, -0.15) is 4.72 Å². The highest BCUT2D eigenvalue weighted by Gasteiger charge is 2.21. The minimum Gasteiger partial charge on any atom is -0.492 e.